The molecule has 0 radical (unpaired) electrons. The van der Waals surface area contributed by atoms with Gasteiger partial charge in [-0.3, -0.25) is 10.1 Å². The van der Waals surface area contributed by atoms with Crippen molar-refractivity contribution in [1.82, 2.24) is 0 Å². The maximum absolute atomic E-state index is 11.6. The molecule has 0 unspecified atom stereocenters. The Morgan fingerprint density at radius 2 is 1.81 bits per heavy atom. The van der Waals surface area contributed by atoms with Crippen molar-refractivity contribution in [1.29, 1.82) is 0 Å². The van der Waals surface area contributed by atoms with Gasteiger partial charge in [-0.05, 0) is 18.2 Å². The third kappa shape index (κ3) is 3.56. The minimum Gasteiger partial charge on any atom is -0.489 e. The molecule has 6 heteroatoms. The number of nitrogens with zero attached hydrogens (tertiary/aromatic N) is 1. The summed E-state index contributed by atoms with van der Waals surface area (Å²) in [5.74, 6) is 0.0539. The Bertz CT molecular complexity index is 651. The summed E-state index contributed by atoms with van der Waals surface area (Å²) in [6.07, 6.45) is 0. The average molecular weight is 287 g/mol. The molecular weight excluding hydrogens is 274 g/mol. The Morgan fingerprint density at radius 1 is 1.14 bits per heavy atom. The van der Waals surface area contributed by atoms with E-state index >= 15 is 0 Å². The topological polar surface area (TPSA) is 78.7 Å². The molecule has 0 aliphatic heterocycles. The number of ether oxygens (including phenoxy) is 2. The zero-order valence-electron chi connectivity index (χ0n) is 11.3. The largest absolute Gasteiger partial charge is 0.489 e. The molecule has 0 fully saturated rings. The van der Waals surface area contributed by atoms with Crippen molar-refractivity contribution >= 4 is 11.7 Å². The van der Waals surface area contributed by atoms with Gasteiger partial charge in [-0.25, -0.2) is 4.79 Å². The van der Waals surface area contributed by atoms with E-state index in [4.69, 9.17) is 9.47 Å². The van der Waals surface area contributed by atoms with Crippen LogP contribution in [0.1, 0.15) is 15.9 Å². The highest BCUT2D eigenvalue weighted by Gasteiger charge is 2.11. The lowest BCUT2D eigenvalue weighted by Crippen LogP contribution is -2.07. The van der Waals surface area contributed by atoms with E-state index in [1.165, 1.54) is 31.4 Å². The number of esters is 1. The zero-order valence-corrected chi connectivity index (χ0v) is 11.3. The first kappa shape index (κ1) is 14.5. The Kier molecular flexibility index (Phi) is 4.50. The van der Waals surface area contributed by atoms with Crippen molar-refractivity contribution in [2.75, 3.05) is 7.11 Å². The molecule has 0 N–H and O–H groups in total. The van der Waals surface area contributed by atoms with Gasteiger partial charge in [0.1, 0.15) is 12.4 Å². The van der Waals surface area contributed by atoms with E-state index in [0.717, 1.165) is 0 Å². The molecule has 0 saturated heterocycles. The third-order valence-corrected chi connectivity index (χ3v) is 2.86. The third-order valence-electron chi connectivity index (χ3n) is 2.86. The molecule has 0 aromatic heterocycles. The van der Waals surface area contributed by atoms with Crippen LogP contribution >= 0.6 is 0 Å². The van der Waals surface area contributed by atoms with Crippen LogP contribution in [0.25, 0.3) is 0 Å². The summed E-state index contributed by atoms with van der Waals surface area (Å²) in [4.78, 5) is 21.7. The number of hydrogen-bond acceptors (Lipinski definition) is 5. The molecule has 0 spiro atoms. The van der Waals surface area contributed by atoms with Crippen LogP contribution in [-0.4, -0.2) is 18.0 Å². The quantitative estimate of drug-likeness (QED) is 0.480. The summed E-state index contributed by atoms with van der Waals surface area (Å²) in [5.41, 5.74) is 1.11. The van der Waals surface area contributed by atoms with E-state index in [-0.39, 0.29) is 12.3 Å². The number of nitro benzene ring substituents is 1. The fraction of sp³-hybridized carbons (Fsp3) is 0.133. The molecule has 0 heterocycles. The van der Waals surface area contributed by atoms with Gasteiger partial charge in [-0.1, -0.05) is 18.2 Å². The summed E-state index contributed by atoms with van der Waals surface area (Å²) >= 11 is 0. The standard InChI is InChI=1S/C15H13NO5/c1-20-15(17)14-5-3-2-4-11(14)10-21-13-8-6-12(7-9-13)16(18)19/h2-9H,10H2,1H3. The molecule has 0 amide bonds. The van der Waals surface area contributed by atoms with Gasteiger partial charge < -0.3 is 9.47 Å². The summed E-state index contributed by atoms with van der Waals surface area (Å²) in [7, 11) is 1.32. The lowest BCUT2D eigenvalue weighted by molar-refractivity contribution is -0.384. The van der Waals surface area contributed by atoms with Crippen molar-refractivity contribution in [3.63, 3.8) is 0 Å². The van der Waals surface area contributed by atoms with Gasteiger partial charge in [-0.15, -0.1) is 0 Å². The highest BCUT2D eigenvalue weighted by molar-refractivity contribution is 5.90. The summed E-state index contributed by atoms with van der Waals surface area (Å²) in [6, 6.07) is 12.7. The first-order valence-corrected chi connectivity index (χ1v) is 6.15. The van der Waals surface area contributed by atoms with Crippen LogP contribution in [0.15, 0.2) is 48.5 Å². The van der Waals surface area contributed by atoms with Gasteiger partial charge >= 0.3 is 5.97 Å². The number of non-ortho nitro benzene ring substituents is 1. The Balaban J connectivity index is 2.09. The molecule has 6 nitrogen and oxygen atoms in total. The second-order valence-electron chi connectivity index (χ2n) is 4.19. The summed E-state index contributed by atoms with van der Waals surface area (Å²) in [5, 5.41) is 10.6. The lowest BCUT2D eigenvalue weighted by Gasteiger charge is -2.09. The highest BCUT2D eigenvalue weighted by atomic mass is 16.6. The molecule has 2 rings (SSSR count). The maximum atomic E-state index is 11.6. The molecule has 0 saturated carbocycles. The molecule has 2 aromatic carbocycles. The number of nitro groups is 1. The van der Waals surface area contributed by atoms with Crippen LogP contribution < -0.4 is 4.74 Å². The van der Waals surface area contributed by atoms with Gasteiger partial charge in [0.05, 0.1) is 17.6 Å². The second-order valence-corrected chi connectivity index (χ2v) is 4.19. The van der Waals surface area contributed by atoms with Crippen LogP contribution in [0.3, 0.4) is 0 Å². The average Bonchev–Trinajstić information content (AvgIpc) is 2.52. The van der Waals surface area contributed by atoms with Crippen LogP contribution in [0.5, 0.6) is 5.75 Å². The van der Waals surface area contributed by atoms with Crippen molar-refractivity contribution < 1.29 is 19.2 Å². The molecule has 0 aliphatic carbocycles. The Hall–Kier alpha value is -2.89. The Labute approximate surface area is 121 Å². The normalized spacial score (nSPS) is 9.95. The molecule has 108 valence electrons. The number of benzene rings is 2. The fourth-order valence-corrected chi connectivity index (χ4v) is 1.78. The van der Waals surface area contributed by atoms with E-state index in [0.29, 0.717) is 16.9 Å². The second kappa shape index (κ2) is 6.51. The maximum Gasteiger partial charge on any atom is 0.338 e. The van der Waals surface area contributed by atoms with E-state index < -0.39 is 10.9 Å². The van der Waals surface area contributed by atoms with Gasteiger partial charge in [0.2, 0.25) is 0 Å². The number of carbonyl (C=O) groups is 1. The van der Waals surface area contributed by atoms with Gasteiger partial charge in [0, 0.05) is 17.7 Å². The number of carbonyl (C=O) groups excluding carboxylic acids is 1. The van der Waals surface area contributed by atoms with Crippen LogP contribution in [0.4, 0.5) is 5.69 Å². The van der Waals surface area contributed by atoms with Gasteiger partial charge in [-0.2, -0.15) is 0 Å². The Morgan fingerprint density at radius 3 is 2.43 bits per heavy atom. The minimum absolute atomic E-state index is 0.00249. The smallest absolute Gasteiger partial charge is 0.338 e. The van der Waals surface area contributed by atoms with Crippen molar-refractivity contribution in [2.45, 2.75) is 6.61 Å². The van der Waals surface area contributed by atoms with E-state index in [9.17, 15) is 14.9 Å². The highest BCUT2D eigenvalue weighted by Crippen LogP contribution is 2.19. The first-order valence-electron chi connectivity index (χ1n) is 6.15. The predicted molar refractivity (Wildman–Crippen MR) is 75.2 cm³/mol. The van der Waals surface area contributed by atoms with E-state index in [1.54, 1.807) is 24.3 Å². The summed E-state index contributed by atoms with van der Waals surface area (Å²) < 4.78 is 10.2. The van der Waals surface area contributed by atoms with Crippen molar-refractivity contribution in [3.05, 3.63) is 69.8 Å². The van der Waals surface area contributed by atoms with E-state index in [2.05, 4.69) is 0 Å². The fourth-order valence-electron chi connectivity index (χ4n) is 1.78. The van der Waals surface area contributed by atoms with E-state index in [1.807, 2.05) is 0 Å². The van der Waals surface area contributed by atoms with Crippen molar-refractivity contribution in [2.24, 2.45) is 0 Å². The van der Waals surface area contributed by atoms with Crippen LogP contribution in [0, 0.1) is 10.1 Å². The molecule has 2 aromatic rings. The first-order chi connectivity index (χ1) is 10.1. The zero-order chi connectivity index (χ0) is 15.2. The monoisotopic (exact) mass is 287 g/mol. The predicted octanol–water partition coefficient (Wildman–Crippen LogP) is 2.96. The van der Waals surface area contributed by atoms with Gasteiger partial charge in [0.25, 0.3) is 5.69 Å². The molecule has 21 heavy (non-hydrogen) atoms. The van der Waals surface area contributed by atoms with Crippen LogP contribution in [-0.2, 0) is 11.3 Å². The SMILES string of the molecule is COC(=O)c1ccccc1COc1ccc([N+](=O)[O-])cc1. The number of hydrogen-bond donors (Lipinski definition) is 0. The lowest BCUT2D eigenvalue weighted by atomic mass is 10.1. The molecule has 0 aliphatic rings. The molecular formula is C15H13NO5. The minimum atomic E-state index is -0.476. The van der Waals surface area contributed by atoms with Crippen LogP contribution in [0.2, 0.25) is 0 Å². The molecule has 0 bridgehead atoms. The number of methoxy groups -OCH3 is 1. The summed E-state index contributed by atoms with van der Waals surface area (Å²) in [6.45, 7) is 0.170. The molecule has 0 atom stereocenters. The van der Waals surface area contributed by atoms with Gasteiger partial charge in [0.15, 0.2) is 0 Å². The van der Waals surface area contributed by atoms with Crippen molar-refractivity contribution in [3.8, 4) is 5.75 Å². The number of rotatable bonds is 5.